The van der Waals surface area contributed by atoms with Gasteiger partial charge in [-0.25, -0.2) is 0 Å². The molecule has 1 aromatic carbocycles. The highest BCUT2D eigenvalue weighted by atomic mass is 32.2. The molecule has 138 valence electrons. The molecule has 3 heterocycles. The molecule has 26 heavy (non-hydrogen) atoms. The average molecular weight is 373 g/mol. The Morgan fingerprint density at radius 1 is 1.15 bits per heavy atom. The zero-order valence-corrected chi connectivity index (χ0v) is 15.9. The lowest BCUT2D eigenvalue weighted by Crippen LogP contribution is -2.48. The number of anilines is 2. The van der Waals surface area contributed by atoms with Gasteiger partial charge in [0.05, 0.1) is 18.0 Å². The SMILES string of the molecule is CC1CN(C(=O)CSc2nnc3n2CCN3c2ccccc2)CC(C)O1. The van der Waals surface area contributed by atoms with Crippen molar-refractivity contribution < 1.29 is 9.53 Å². The van der Waals surface area contributed by atoms with E-state index in [9.17, 15) is 4.79 Å². The van der Waals surface area contributed by atoms with Crippen molar-refractivity contribution in [1.29, 1.82) is 0 Å². The fourth-order valence-corrected chi connectivity index (χ4v) is 4.40. The molecule has 0 saturated carbocycles. The number of para-hydroxylation sites is 1. The number of benzene rings is 1. The van der Waals surface area contributed by atoms with Gasteiger partial charge in [0.2, 0.25) is 11.9 Å². The minimum absolute atomic E-state index is 0.0875. The number of ether oxygens (including phenoxy) is 1. The van der Waals surface area contributed by atoms with E-state index in [2.05, 4.69) is 31.8 Å². The van der Waals surface area contributed by atoms with Crippen molar-refractivity contribution in [3.8, 4) is 0 Å². The fourth-order valence-electron chi connectivity index (χ4n) is 3.53. The normalized spacial score (nSPS) is 22.5. The van der Waals surface area contributed by atoms with Gasteiger partial charge >= 0.3 is 0 Å². The fraction of sp³-hybridized carbons (Fsp3) is 0.500. The smallest absolute Gasteiger partial charge is 0.233 e. The van der Waals surface area contributed by atoms with Crippen molar-refractivity contribution in [1.82, 2.24) is 19.7 Å². The highest BCUT2D eigenvalue weighted by Gasteiger charge is 2.28. The summed E-state index contributed by atoms with van der Waals surface area (Å²) in [6, 6.07) is 10.2. The Morgan fingerprint density at radius 3 is 2.62 bits per heavy atom. The molecule has 2 aliphatic heterocycles. The van der Waals surface area contributed by atoms with Crippen LogP contribution in [0.1, 0.15) is 13.8 Å². The molecule has 1 amide bonds. The molecule has 0 aliphatic carbocycles. The van der Waals surface area contributed by atoms with Crippen LogP contribution >= 0.6 is 11.8 Å². The van der Waals surface area contributed by atoms with Crippen LogP contribution in [0.5, 0.6) is 0 Å². The number of fused-ring (bicyclic) bond motifs is 1. The Bertz CT molecular complexity index is 771. The van der Waals surface area contributed by atoms with E-state index in [-0.39, 0.29) is 18.1 Å². The summed E-state index contributed by atoms with van der Waals surface area (Å²) in [5.74, 6) is 1.36. The maximum Gasteiger partial charge on any atom is 0.233 e. The van der Waals surface area contributed by atoms with Crippen LogP contribution in [0.15, 0.2) is 35.5 Å². The monoisotopic (exact) mass is 373 g/mol. The lowest BCUT2D eigenvalue weighted by molar-refractivity contribution is -0.140. The topological polar surface area (TPSA) is 63.5 Å². The second-order valence-corrected chi connectivity index (χ2v) is 7.71. The molecule has 0 N–H and O–H groups in total. The first kappa shape index (κ1) is 17.4. The predicted octanol–water partition coefficient (Wildman–Crippen LogP) is 2.16. The highest BCUT2D eigenvalue weighted by Crippen LogP contribution is 2.31. The molecule has 8 heteroatoms. The Morgan fingerprint density at radius 2 is 1.88 bits per heavy atom. The van der Waals surface area contributed by atoms with E-state index >= 15 is 0 Å². The molecule has 0 bridgehead atoms. The zero-order chi connectivity index (χ0) is 18.1. The van der Waals surface area contributed by atoms with Crippen molar-refractivity contribution in [2.45, 2.75) is 37.8 Å². The van der Waals surface area contributed by atoms with Crippen molar-refractivity contribution >= 4 is 29.3 Å². The van der Waals surface area contributed by atoms with Gasteiger partial charge in [0.1, 0.15) is 0 Å². The number of amides is 1. The number of morpholine rings is 1. The van der Waals surface area contributed by atoms with Gasteiger partial charge in [-0.05, 0) is 26.0 Å². The maximum absolute atomic E-state index is 12.6. The van der Waals surface area contributed by atoms with Gasteiger partial charge in [-0.1, -0.05) is 30.0 Å². The predicted molar refractivity (Wildman–Crippen MR) is 101 cm³/mol. The van der Waals surface area contributed by atoms with Gasteiger partial charge in [0, 0.05) is 31.9 Å². The lowest BCUT2D eigenvalue weighted by Gasteiger charge is -2.35. The van der Waals surface area contributed by atoms with E-state index in [0.717, 1.165) is 29.9 Å². The van der Waals surface area contributed by atoms with Crippen LogP contribution < -0.4 is 4.90 Å². The van der Waals surface area contributed by atoms with Crippen LogP contribution in [0.3, 0.4) is 0 Å². The first-order chi connectivity index (χ1) is 12.6. The average Bonchev–Trinajstić information content (AvgIpc) is 3.22. The number of rotatable bonds is 4. The number of hydrogen-bond donors (Lipinski definition) is 0. The van der Waals surface area contributed by atoms with E-state index in [1.807, 2.05) is 36.9 Å². The van der Waals surface area contributed by atoms with Crippen molar-refractivity contribution in [2.75, 3.05) is 30.3 Å². The van der Waals surface area contributed by atoms with E-state index in [4.69, 9.17) is 4.74 Å². The molecule has 0 spiro atoms. The third-order valence-corrected chi connectivity index (χ3v) is 5.60. The molecule has 1 aromatic heterocycles. The van der Waals surface area contributed by atoms with E-state index in [0.29, 0.717) is 18.8 Å². The molecule has 4 rings (SSSR count). The summed E-state index contributed by atoms with van der Waals surface area (Å²) in [6.45, 7) is 7.03. The summed E-state index contributed by atoms with van der Waals surface area (Å²) in [5.41, 5.74) is 1.11. The number of hydrogen-bond acceptors (Lipinski definition) is 6. The van der Waals surface area contributed by atoms with Gasteiger partial charge in [-0.2, -0.15) is 0 Å². The largest absolute Gasteiger partial charge is 0.372 e. The van der Waals surface area contributed by atoms with Crippen molar-refractivity contribution in [3.05, 3.63) is 30.3 Å². The number of nitrogens with zero attached hydrogens (tertiary/aromatic N) is 5. The maximum atomic E-state index is 12.6. The van der Waals surface area contributed by atoms with Gasteiger partial charge in [0.25, 0.3) is 0 Å². The summed E-state index contributed by atoms with van der Waals surface area (Å²) >= 11 is 1.46. The molecule has 0 radical (unpaired) electrons. The second-order valence-electron chi connectivity index (χ2n) is 6.77. The van der Waals surface area contributed by atoms with Crippen molar-refractivity contribution in [3.63, 3.8) is 0 Å². The minimum atomic E-state index is 0.0875. The summed E-state index contributed by atoms with van der Waals surface area (Å²) in [6.07, 6.45) is 0.175. The van der Waals surface area contributed by atoms with Crippen LogP contribution in [0, 0.1) is 0 Å². The summed E-state index contributed by atoms with van der Waals surface area (Å²) < 4.78 is 7.79. The number of thioether (sulfide) groups is 1. The first-order valence-corrected chi connectivity index (χ1v) is 9.92. The molecule has 7 nitrogen and oxygen atoms in total. The van der Waals surface area contributed by atoms with E-state index in [1.54, 1.807) is 0 Å². The number of carbonyl (C=O) groups excluding carboxylic acids is 1. The highest BCUT2D eigenvalue weighted by molar-refractivity contribution is 7.99. The summed E-state index contributed by atoms with van der Waals surface area (Å²) in [7, 11) is 0. The Balaban J connectivity index is 1.41. The summed E-state index contributed by atoms with van der Waals surface area (Å²) in [4.78, 5) is 16.6. The third kappa shape index (κ3) is 3.43. The summed E-state index contributed by atoms with van der Waals surface area (Å²) in [5, 5.41) is 9.45. The Kier molecular flexibility index (Phi) is 4.86. The molecular formula is C18H23N5O2S. The standard InChI is InChI=1S/C18H23N5O2S/c1-13-10-21(11-14(2)25-13)16(24)12-26-18-20-19-17-22(8-9-23(17)18)15-6-4-3-5-7-15/h3-7,13-14H,8-12H2,1-2H3. The molecule has 1 saturated heterocycles. The van der Waals surface area contributed by atoms with Gasteiger partial charge in [-0.3, -0.25) is 9.36 Å². The Hall–Kier alpha value is -2.06. The zero-order valence-electron chi connectivity index (χ0n) is 15.0. The minimum Gasteiger partial charge on any atom is -0.372 e. The van der Waals surface area contributed by atoms with Gasteiger partial charge in [0.15, 0.2) is 5.16 Å². The van der Waals surface area contributed by atoms with Gasteiger partial charge in [-0.15, -0.1) is 10.2 Å². The number of aromatic nitrogens is 3. The van der Waals surface area contributed by atoms with Crippen LogP contribution in [0.2, 0.25) is 0 Å². The molecule has 2 aliphatic rings. The molecule has 2 aromatic rings. The van der Waals surface area contributed by atoms with Crippen LogP contribution in [-0.2, 0) is 16.1 Å². The molecule has 2 unspecified atom stereocenters. The second kappa shape index (κ2) is 7.28. The van der Waals surface area contributed by atoms with Crippen LogP contribution in [0.25, 0.3) is 0 Å². The molecular weight excluding hydrogens is 350 g/mol. The number of carbonyl (C=O) groups is 1. The Labute approximate surface area is 157 Å². The van der Waals surface area contributed by atoms with E-state index in [1.165, 1.54) is 11.8 Å². The quantitative estimate of drug-likeness (QED) is 0.766. The van der Waals surface area contributed by atoms with Crippen LogP contribution in [0.4, 0.5) is 11.6 Å². The van der Waals surface area contributed by atoms with E-state index < -0.39 is 0 Å². The molecule has 2 atom stereocenters. The molecule has 1 fully saturated rings. The lowest BCUT2D eigenvalue weighted by atomic mass is 10.2. The third-order valence-electron chi connectivity index (χ3n) is 4.65. The first-order valence-electron chi connectivity index (χ1n) is 8.93. The van der Waals surface area contributed by atoms with Crippen LogP contribution in [-0.4, -0.2) is 63.2 Å². The van der Waals surface area contributed by atoms with Crippen molar-refractivity contribution in [2.24, 2.45) is 0 Å². The van der Waals surface area contributed by atoms with Gasteiger partial charge < -0.3 is 14.5 Å².